The van der Waals surface area contributed by atoms with Crippen LogP contribution in [0, 0.1) is 0 Å². The first-order valence-electron chi connectivity index (χ1n) is 16.0. The van der Waals surface area contributed by atoms with Crippen LogP contribution in [0.15, 0.2) is 140 Å². The average molecular weight is 646 g/mol. The van der Waals surface area contributed by atoms with Gasteiger partial charge in [-0.1, -0.05) is 121 Å². The molecule has 0 radical (unpaired) electrons. The highest BCUT2D eigenvalue weighted by Crippen LogP contribution is 2.47. The molecule has 0 aliphatic rings. The number of benzene rings is 7. The van der Waals surface area contributed by atoms with Crippen LogP contribution in [0.25, 0.3) is 106 Å². The molecule has 222 valence electrons. The fourth-order valence-electron chi connectivity index (χ4n) is 7.53. The normalized spacial score (nSPS) is 12.2. The van der Waals surface area contributed by atoms with E-state index in [4.69, 9.17) is 15.0 Å². The van der Waals surface area contributed by atoms with Crippen LogP contribution in [0.4, 0.5) is 0 Å². The van der Waals surface area contributed by atoms with E-state index in [1.807, 2.05) is 11.3 Å². The second-order valence-electron chi connectivity index (χ2n) is 12.3. The molecule has 11 rings (SSSR count). The third kappa shape index (κ3) is 3.66. The Morgan fingerprint density at radius 2 is 1.02 bits per heavy atom. The Bertz CT molecular complexity index is 3140. The molecule has 0 bridgehead atoms. The quantitative estimate of drug-likeness (QED) is 0.176. The van der Waals surface area contributed by atoms with Gasteiger partial charge in [0.05, 0.1) is 11.2 Å². The van der Waals surface area contributed by atoms with Crippen LogP contribution in [-0.2, 0) is 0 Å². The zero-order valence-corrected chi connectivity index (χ0v) is 27.1. The van der Waals surface area contributed by atoms with Gasteiger partial charge in [-0.15, -0.1) is 22.7 Å². The summed E-state index contributed by atoms with van der Waals surface area (Å²) < 4.78 is 3.80. The number of hydrogen-bond acceptors (Lipinski definition) is 5. The van der Waals surface area contributed by atoms with Crippen LogP contribution >= 0.6 is 22.7 Å². The van der Waals surface area contributed by atoms with Crippen LogP contribution in [0.5, 0.6) is 0 Å². The predicted molar refractivity (Wildman–Crippen MR) is 207 cm³/mol. The van der Waals surface area contributed by atoms with Crippen molar-refractivity contribution in [3.63, 3.8) is 0 Å². The Hall–Kier alpha value is -5.75. The first kappa shape index (κ1) is 26.3. The summed E-state index contributed by atoms with van der Waals surface area (Å²) in [6.45, 7) is 0. The van der Waals surface area contributed by atoms with Crippen molar-refractivity contribution in [1.82, 2.24) is 15.0 Å². The number of hydrogen-bond donors (Lipinski definition) is 0. The summed E-state index contributed by atoms with van der Waals surface area (Å²) in [6.07, 6.45) is 0. The number of pyridine rings is 1. The highest BCUT2D eigenvalue weighted by atomic mass is 32.1. The minimum absolute atomic E-state index is 0.648. The molecule has 0 aliphatic heterocycles. The molecule has 0 spiro atoms. The number of thiophene rings is 2. The smallest absolute Gasteiger partial charge is 0.180 e. The van der Waals surface area contributed by atoms with Crippen molar-refractivity contribution in [3.05, 3.63) is 140 Å². The number of fused-ring (bicyclic) bond motifs is 14. The summed E-state index contributed by atoms with van der Waals surface area (Å²) in [4.78, 5) is 17.3. The third-order valence-corrected chi connectivity index (χ3v) is 11.9. The highest BCUT2D eigenvalue weighted by molar-refractivity contribution is 7.27. The van der Waals surface area contributed by atoms with Crippen molar-refractivity contribution in [2.45, 2.75) is 0 Å². The topological polar surface area (TPSA) is 38.7 Å². The van der Waals surface area contributed by atoms with Gasteiger partial charge in [0.1, 0.15) is 10.5 Å². The van der Waals surface area contributed by atoms with E-state index in [2.05, 4.69) is 140 Å². The van der Waals surface area contributed by atoms with E-state index in [9.17, 15) is 0 Å². The summed E-state index contributed by atoms with van der Waals surface area (Å²) in [5.41, 5.74) is 3.81. The molecule has 0 aliphatic carbocycles. The summed E-state index contributed by atoms with van der Waals surface area (Å²) in [6, 6.07) is 49.8. The molecule has 0 unspecified atom stereocenters. The molecule has 0 saturated carbocycles. The van der Waals surface area contributed by atoms with Gasteiger partial charge < -0.3 is 0 Å². The molecule has 11 aromatic rings. The average Bonchev–Trinajstić information content (AvgIpc) is 3.73. The molecule has 0 fully saturated rings. The summed E-state index contributed by atoms with van der Waals surface area (Å²) >= 11 is 3.59. The van der Waals surface area contributed by atoms with Crippen LogP contribution < -0.4 is 0 Å². The lowest BCUT2D eigenvalue weighted by molar-refractivity contribution is 1.22. The van der Waals surface area contributed by atoms with Gasteiger partial charge in [-0.2, -0.15) is 0 Å². The predicted octanol–water partition coefficient (Wildman–Crippen LogP) is 12.6. The number of aromatic nitrogens is 3. The van der Waals surface area contributed by atoms with Gasteiger partial charge in [0.25, 0.3) is 0 Å². The molecule has 0 saturated heterocycles. The van der Waals surface area contributed by atoms with E-state index in [1.165, 1.54) is 57.2 Å². The molecule has 48 heavy (non-hydrogen) atoms. The zero-order chi connectivity index (χ0) is 31.3. The number of nitrogens with zero attached hydrogens (tertiary/aromatic N) is 3. The largest absolute Gasteiger partial charge is 0.243 e. The second-order valence-corrected chi connectivity index (χ2v) is 14.4. The van der Waals surface area contributed by atoms with Crippen molar-refractivity contribution in [2.75, 3.05) is 0 Å². The summed E-state index contributed by atoms with van der Waals surface area (Å²) in [5, 5.41) is 13.0. The van der Waals surface area contributed by atoms with Crippen LogP contribution in [-0.4, -0.2) is 15.0 Å². The first-order chi connectivity index (χ1) is 23.8. The van der Waals surface area contributed by atoms with Gasteiger partial charge in [0.2, 0.25) is 0 Å². The van der Waals surface area contributed by atoms with Crippen molar-refractivity contribution in [2.24, 2.45) is 0 Å². The van der Waals surface area contributed by atoms with E-state index in [-0.39, 0.29) is 0 Å². The lowest BCUT2D eigenvalue weighted by Crippen LogP contribution is -1.98. The fourth-order valence-corrected chi connectivity index (χ4v) is 9.85. The van der Waals surface area contributed by atoms with Crippen LogP contribution in [0.1, 0.15) is 0 Å². The lowest BCUT2D eigenvalue weighted by Gasteiger charge is -2.14. The van der Waals surface area contributed by atoms with E-state index in [0.29, 0.717) is 5.82 Å². The molecule has 0 N–H and O–H groups in total. The van der Waals surface area contributed by atoms with Crippen molar-refractivity contribution in [1.29, 1.82) is 0 Å². The Balaban J connectivity index is 1.30. The summed E-state index contributed by atoms with van der Waals surface area (Å²) in [5.74, 6) is 0.648. The monoisotopic (exact) mass is 645 g/mol. The van der Waals surface area contributed by atoms with E-state index >= 15 is 0 Å². The summed E-state index contributed by atoms with van der Waals surface area (Å²) in [7, 11) is 0. The van der Waals surface area contributed by atoms with Gasteiger partial charge in [-0.3, -0.25) is 0 Å². The van der Waals surface area contributed by atoms with Gasteiger partial charge >= 0.3 is 0 Å². The SMILES string of the molecule is c1ccc2cc(-c3nc(-c4nc5c6ccccc6c6sc7ccccc7c6c5c5ccccc45)nc4sc5ccccc5c34)ccc2c1. The fraction of sp³-hybridized carbons (Fsp3) is 0. The standard InChI is InChI=1S/C43H23N3S2/c1-2-12-25-23-26(22-21-24(25)11-1)38-37-32-18-8-10-20-34(32)48-43(37)46-42(45-38)40-28-14-4-3-13-27(28)35-36-31-17-7-9-19-33(31)47-41(36)30-16-6-5-15-29(30)39(35)44-40/h1-23H. The van der Waals surface area contributed by atoms with Crippen LogP contribution in [0.2, 0.25) is 0 Å². The molecule has 4 heterocycles. The molecular formula is C43H23N3S2. The first-order valence-corrected chi connectivity index (χ1v) is 17.7. The lowest BCUT2D eigenvalue weighted by atomic mass is 9.95. The van der Waals surface area contributed by atoms with Crippen molar-refractivity contribution in [3.8, 4) is 22.8 Å². The van der Waals surface area contributed by atoms with E-state index in [0.717, 1.165) is 43.5 Å². The minimum Gasteiger partial charge on any atom is -0.243 e. The second kappa shape index (κ2) is 9.88. The molecule has 4 aromatic heterocycles. The molecule has 7 aromatic carbocycles. The van der Waals surface area contributed by atoms with Crippen molar-refractivity contribution < 1.29 is 0 Å². The Morgan fingerprint density at radius 1 is 0.396 bits per heavy atom. The maximum atomic E-state index is 5.57. The molecule has 3 nitrogen and oxygen atoms in total. The Labute approximate surface area is 282 Å². The van der Waals surface area contributed by atoms with Crippen molar-refractivity contribution >= 4 is 106 Å². The van der Waals surface area contributed by atoms with E-state index in [1.54, 1.807) is 11.3 Å². The maximum absolute atomic E-state index is 5.57. The Kier molecular flexibility index (Phi) is 5.42. The van der Waals surface area contributed by atoms with Crippen LogP contribution in [0.3, 0.4) is 0 Å². The molecule has 5 heteroatoms. The molecular weight excluding hydrogens is 623 g/mol. The Morgan fingerprint density at radius 3 is 1.83 bits per heavy atom. The third-order valence-electron chi connectivity index (χ3n) is 9.66. The minimum atomic E-state index is 0.648. The maximum Gasteiger partial charge on any atom is 0.180 e. The molecule has 0 atom stereocenters. The number of rotatable bonds is 2. The van der Waals surface area contributed by atoms with Gasteiger partial charge in [-0.05, 0) is 34.4 Å². The zero-order valence-electron chi connectivity index (χ0n) is 25.4. The highest BCUT2D eigenvalue weighted by Gasteiger charge is 2.23. The van der Waals surface area contributed by atoms with Gasteiger partial charge in [0.15, 0.2) is 5.82 Å². The van der Waals surface area contributed by atoms with Gasteiger partial charge in [0, 0.05) is 62.8 Å². The van der Waals surface area contributed by atoms with Gasteiger partial charge in [-0.25, -0.2) is 15.0 Å². The van der Waals surface area contributed by atoms with E-state index < -0.39 is 0 Å². The molecule has 0 amide bonds.